The van der Waals surface area contributed by atoms with Gasteiger partial charge in [-0.15, -0.1) is 0 Å². The number of nitrogens with one attached hydrogen (secondary N) is 2. The number of aryl methyl sites for hydroxylation is 1. The van der Waals surface area contributed by atoms with Crippen LogP contribution in [0.4, 0.5) is 4.79 Å². The number of nitrogens with zero attached hydrogens (tertiary/aromatic N) is 2. The third-order valence-corrected chi connectivity index (χ3v) is 6.79. The lowest BCUT2D eigenvalue weighted by Gasteiger charge is -2.27. The minimum absolute atomic E-state index is 0.105. The first kappa shape index (κ1) is 26.7. The highest BCUT2D eigenvalue weighted by Gasteiger charge is 2.28. The van der Waals surface area contributed by atoms with E-state index in [0.29, 0.717) is 18.1 Å². The van der Waals surface area contributed by atoms with Crippen LogP contribution in [0.15, 0.2) is 28.8 Å². The average Bonchev–Trinajstić information content (AvgIpc) is 3.33. The van der Waals surface area contributed by atoms with Crippen molar-refractivity contribution < 1.29 is 19.2 Å². The number of carbonyl (C=O) groups excluding carboxylic acids is 1. The predicted octanol–water partition coefficient (Wildman–Crippen LogP) is 5.86. The van der Waals surface area contributed by atoms with Crippen LogP contribution in [0.2, 0.25) is 0 Å². The molecule has 1 fully saturated rings. The summed E-state index contributed by atoms with van der Waals surface area (Å²) in [7, 11) is 0. The minimum atomic E-state index is -1.05. The summed E-state index contributed by atoms with van der Waals surface area (Å²) in [5.74, 6) is 0.548. The van der Waals surface area contributed by atoms with Gasteiger partial charge in [-0.05, 0) is 37.7 Å². The summed E-state index contributed by atoms with van der Waals surface area (Å²) in [4.78, 5) is 27.8. The average molecular weight is 485 g/mol. The number of hydrogen-bond donors (Lipinski definition) is 3. The Morgan fingerprint density at radius 3 is 2.46 bits per heavy atom. The zero-order valence-electron chi connectivity index (χ0n) is 20.9. The van der Waals surface area contributed by atoms with E-state index in [1.165, 1.54) is 56.9 Å². The van der Waals surface area contributed by atoms with Gasteiger partial charge in [-0.2, -0.15) is 4.98 Å². The molecule has 0 bridgehead atoms. The van der Waals surface area contributed by atoms with Crippen LogP contribution in [0.25, 0.3) is 11.4 Å². The fourth-order valence-corrected chi connectivity index (χ4v) is 4.77. The second kappa shape index (κ2) is 14.5. The van der Waals surface area contributed by atoms with Crippen molar-refractivity contribution in [3.8, 4) is 11.4 Å². The van der Waals surface area contributed by atoms with Gasteiger partial charge in [0, 0.05) is 17.5 Å². The molecule has 0 spiro atoms. The van der Waals surface area contributed by atoms with Crippen molar-refractivity contribution in [2.24, 2.45) is 5.92 Å². The monoisotopic (exact) mass is 484 g/mol. The number of hydrogen-bond acceptors (Lipinski definition) is 5. The normalized spacial score (nSPS) is 17.7. The fourth-order valence-electron chi connectivity index (χ4n) is 4.77. The van der Waals surface area contributed by atoms with Gasteiger partial charge in [0.1, 0.15) is 0 Å². The Hall–Kier alpha value is -2.90. The Bertz CT molecular complexity index is 912. The molecule has 0 radical (unpaired) electrons. The van der Waals surface area contributed by atoms with Crippen molar-refractivity contribution in [2.45, 2.75) is 103 Å². The topological polar surface area (TPSA) is 117 Å². The number of unbranched alkanes of at least 4 members (excludes halogenated alkanes) is 7. The van der Waals surface area contributed by atoms with Gasteiger partial charge < -0.3 is 20.3 Å². The van der Waals surface area contributed by atoms with E-state index < -0.39 is 6.09 Å². The van der Waals surface area contributed by atoms with Crippen molar-refractivity contribution >= 4 is 12.0 Å². The molecule has 2 atom stereocenters. The van der Waals surface area contributed by atoms with Crippen LogP contribution in [-0.4, -0.2) is 33.3 Å². The molecule has 1 heterocycles. The number of amides is 2. The Labute approximate surface area is 208 Å². The van der Waals surface area contributed by atoms with E-state index in [-0.39, 0.29) is 24.4 Å². The number of rotatable bonds is 14. The number of carbonyl (C=O) groups is 2. The van der Waals surface area contributed by atoms with E-state index in [9.17, 15) is 9.59 Å². The van der Waals surface area contributed by atoms with Crippen molar-refractivity contribution in [3.63, 3.8) is 0 Å². The second-order valence-corrected chi connectivity index (χ2v) is 9.66. The van der Waals surface area contributed by atoms with Gasteiger partial charge in [-0.25, -0.2) is 4.79 Å². The fraction of sp³-hybridized carbons (Fsp3) is 0.630. The van der Waals surface area contributed by atoms with Crippen molar-refractivity contribution in [2.75, 3.05) is 0 Å². The van der Waals surface area contributed by atoms with E-state index >= 15 is 0 Å². The standard InChI is InChI=1S/C27H40N4O4/c1-2-3-4-5-6-7-8-9-11-20-14-16-21(17-15-20)25-30-24(35-31-25)19-28-26(32)22-12-10-13-23(18-22)29-27(33)34/h14-17,22-23,29H,2-13,18-19H2,1H3,(H,28,32)(H,33,34)/t22-,23+/m1/s1. The lowest BCUT2D eigenvalue weighted by atomic mass is 9.85. The molecule has 1 aromatic heterocycles. The summed E-state index contributed by atoms with van der Waals surface area (Å²) >= 11 is 0. The van der Waals surface area contributed by atoms with Gasteiger partial charge in [0.05, 0.1) is 6.54 Å². The summed E-state index contributed by atoms with van der Waals surface area (Å²) in [6.07, 6.45) is 13.5. The number of carboxylic acid groups (broad SMARTS) is 1. The second-order valence-electron chi connectivity index (χ2n) is 9.66. The van der Waals surface area contributed by atoms with Gasteiger partial charge in [0.2, 0.25) is 17.6 Å². The highest BCUT2D eigenvalue weighted by Crippen LogP contribution is 2.25. The van der Waals surface area contributed by atoms with Crippen LogP contribution in [0.1, 0.15) is 95.4 Å². The third-order valence-electron chi connectivity index (χ3n) is 6.79. The molecule has 1 aliphatic rings. The summed E-state index contributed by atoms with van der Waals surface area (Å²) in [5.41, 5.74) is 2.21. The van der Waals surface area contributed by atoms with Gasteiger partial charge in [-0.1, -0.05) is 87.7 Å². The zero-order valence-corrected chi connectivity index (χ0v) is 20.9. The third kappa shape index (κ3) is 9.34. The summed E-state index contributed by atoms with van der Waals surface area (Å²) in [6, 6.07) is 8.11. The van der Waals surface area contributed by atoms with Crippen LogP contribution in [0, 0.1) is 5.92 Å². The Morgan fingerprint density at radius 2 is 1.74 bits per heavy atom. The van der Waals surface area contributed by atoms with E-state index in [1.54, 1.807) is 0 Å². The Kier molecular flexibility index (Phi) is 11.1. The molecule has 1 saturated carbocycles. The molecule has 1 aromatic carbocycles. The quantitative estimate of drug-likeness (QED) is 0.289. The molecule has 3 N–H and O–H groups in total. The van der Waals surface area contributed by atoms with Crippen LogP contribution in [0.5, 0.6) is 0 Å². The van der Waals surface area contributed by atoms with Gasteiger partial charge in [0.25, 0.3) is 0 Å². The summed E-state index contributed by atoms with van der Waals surface area (Å²) < 4.78 is 5.32. The van der Waals surface area contributed by atoms with Gasteiger partial charge in [-0.3, -0.25) is 4.79 Å². The van der Waals surface area contributed by atoms with E-state index in [4.69, 9.17) is 9.63 Å². The lowest BCUT2D eigenvalue weighted by Crippen LogP contribution is -2.41. The molecule has 0 aliphatic heterocycles. The SMILES string of the molecule is CCCCCCCCCCc1ccc(-c2noc(CNC(=O)[C@@H]3CCC[C@H](NC(=O)O)C3)n2)cc1. The molecular formula is C27H40N4O4. The molecule has 0 unspecified atom stereocenters. The zero-order chi connectivity index (χ0) is 24.9. The van der Waals surface area contributed by atoms with Gasteiger partial charge in [0.15, 0.2) is 0 Å². The number of aromatic nitrogens is 2. The van der Waals surface area contributed by atoms with Crippen LogP contribution >= 0.6 is 0 Å². The number of benzene rings is 1. The Balaban J connectivity index is 1.38. The molecule has 1 aliphatic carbocycles. The smallest absolute Gasteiger partial charge is 0.404 e. The first-order valence-electron chi connectivity index (χ1n) is 13.2. The molecule has 8 nitrogen and oxygen atoms in total. The maximum Gasteiger partial charge on any atom is 0.404 e. The molecule has 2 amide bonds. The molecule has 0 saturated heterocycles. The molecule has 2 aromatic rings. The molecule has 35 heavy (non-hydrogen) atoms. The summed E-state index contributed by atoms with van der Waals surface area (Å²) in [6.45, 7) is 2.41. The Morgan fingerprint density at radius 1 is 1.03 bits per heavy atom. The lowest BCUT2D eigenvalue weighted by molar-refractivity contribution is -0.126. The maximum atomic E-state index is 12.5. The van der Waals surface area contributed by atoms with Crippen LogP contribution in [-0.2, 0) is 17.8 Å². The maximum absolute atomic E-state index is 12.5. The van der Waals surface area contributed by atoms with E-state index in [1.807, 2.05) is 12.1 Å². The predicted molar refractivity (Wildman–Crippen MR) is 135 cm³/mol. The highest BCUT2D eigenvalue weighted by atomic mass is 16.5. The molecular weight excluding hydrogens is 444 g/mol. The molecule has 3 rings (SSSR count). The summed E-state index contributed by atoms with van der Waals surface area (Å²) in [5, 5.41) is 18.3. The van der Waals surface area contributed by atoms with Crippen molar-refractivity contribution in [1.82, 2.24) is 20.8 Å². The van der Waals surface area contributed by atoms with Crippen molar-refractivity contribution in [1.29, 1.82) is 0 Å². The first-order valence-corrected chi connectivity index (χ1v) is 13.2. The van der Waals surface area contributed by atoms with Crippen LogP contribution in [0.3, 0.4) is 0 Å². The minimum Gasteiger partial charge on any atom is -0.465 e. The molecule has 8 heteroatoms. The molecule has 192 valence electrons. The van der Waals surface area contributed by atoms with E-state index in [0.717, 1.165) is 31.2 Å². The van der Waals surface area contributed by atoms with E-state index in [2.05, 4.69) is 39.8 Å². The largest absolute Gasteiger partial charge is 0.465 e. The van der Waals surface area contributed by atoms with Gasteiger partial charge >= 0.3 is 6.09 Å². The highest BCUT2D eigenvalue weighted by molar-refractivity contribution is 5.78. The van der Waals surface area contributed by atoms with Crippen molar-refractivity contribution in [3.05, 3.63) is 35.7 Å². The van der Waals surface area contributed by atoms with Crippen LogP contribution < -0.4 is 10.6 Å². The first-order chi connectivity index (χ1) is 17.0.